The summed E-state index contributed by atoms with van der Waals surface area (Å²) < 4.78 is 5.53. The number of rotatable bonds is 7. The maximum Gasteiger partial charge on any atom is 0.260 e. The summed E-state index contributed by atoms with van der Waals surface area (Å²) in [6.45, 7) is 4.56. The molecule has 38 heavy (non-hydrogen) atoms. The number of nitrogens with zero attached hydrogens (tertiary/aromatic N) is 5. The summed E-state index contributed by atoms with van der Waals surface area (Å²) in [5.74, 6) is 1.22. The molecule has 5 rings (SSSR count). The van der Waals surface area contributed by atoms with E-state index in [1.807, 2.05) is 20.0 Å². The molecule has 12 heteroatoms. The highest BCUT2D eigenvalue weighted by molar-refractivity contribution is 6.41. The Morgan fingerprint density at radius 1 is 1.26 bits per heavy atom. The van der Waals surface area contributed by atoms with E-state index in [0.29, 0.717) is 41.1 Å². The van der Waals surface area contributed by atoms with Crippen LogP contribution in [-0.4, -0.2) is 55.2 Å². The van der Waals surface area contributed by atoms with Gasteiger partial charge in [0.1, 0.15) is 16.7 Å². The lowest BCUT2D eigenvalue weighted by Crippen LogP contribution is -2.34. The van der Waals surface area contributed by atoms with Crippen LogP contribution < -0.4 is 20.7 Å². The van der Waals surface area contributed by atoms with Gasteiger partial charge in [0.05, 0.1) is 42.3 Å². The third kappa shape index (κ3) is 5.09. The molecule has 1 aliphatic carbocycles. The Balaban J connectivity index is 1.41. The van der Waals surface area contributed by atoms with Gasteiger partial charge in [-0.2, -0.15) is 4.98 Å². The molecule has 4 heterocycles. The van der Waals surface area contributed by atoms with E-state index < -0.39 is 0 Å². The molecule has 0 spiro atoms. The van der Waals surface area contributed by atoms with Crippen molar-refractivity contribution < 1.29 is 14.6 Å². The highest BCUT2D eigenvalue weighted by Gasteiger charge is 2.37. The molecular formula is C26H31ClN8O3. The predicted octanol–water partition coefficient (Wildman–Crippen LogP) is 2.94. The number of aromatic nitrogens is 5. The molecule has 0 unspecified atom stereocenters. The van der Waals surface area contributed by atoms with Crippen LogP contribution in [0, 0.1) is 13.8 Å². The van der Waals surface area contributed by atoms with Crippen molar-refractivity contribution in [2.45, 2.75) is 64.8 Å². The number of nitrogens with one attached hydrogen (secondary N) is 2. The number of aromatic amines is 1. The van der Waals surface area contributed by atoms with Gasteiger partial charge in [0.25, 0.3) is 5.91 Å². The van der Waals surface area contributed by atoms with Crippen LogP contribution in [-0.2, 0) is 17.9 Å². The number of carbonyl (C=O) groups excluding carboxylic acids is 1. The summed E-state index contributed by atoms with van der Waals surface area (Å²) in [6, 6.07) is 0.354. The van der Waals surface area contributed by atoms with E-state index in [-0.39, 0.29) is 29.7 Å². The van der Waals surface area contributed by atoms with E-state index >= 15 is 0 Å². The van der Waals surface area contributed by atoms with Crippen LogP contribution >= 0.6 is 11.6 Å². The van der Waals surface area contributed by atoms with E-state index in [1.54, 1.807) is 19.4 Å². The van der Waals surface area contributed by atoms with Crippen molar-refractivity contribution in [2.75, 3.05) is 17.7 Å². The summed E-state index contributed by atoms with van der Waals surface area (Å²) in [5, 5.41) is 13.3. The molecule has 11 nitrogen and oxygen atoms in total. The van der Waals surface area contributed by atoms with Crippen molar-refractivity contribution in [3.8, 4) is 5.75 Å². The molecule has 1 saturated carbocycles. The van der Waals surface area contributed by atoms with Gasteiger partial charge in [-0.1, -0.05) is 11.6 Å². The van der Waals surface area contributed by atoms with Crippen LogP contribution in [0.1, 0.15) is 59.6 Å². The number of hydrogen-bond donors (Lipinski definition) is 4. The number of aliphatic hydroxyl groups excluding tert-OH is 1. The molecule has 2 aliphatic rings. The smallest absolute Gasteiger partial charge is 0.260 e. The molecule has 1 amide bonds. The molecule has 3 aromatic rings. The quantitative estimate of drug-likeness (QED) is 0.262. The Bertz CT molecular complexity index is 1400. The molecule has 0 atom stereocenters. The second-order valence-corrected chi connectivity index (χ2v) is 10.1. The predicted molar refractivity (Wildman–Crippen MR) is 144 cm³/mol. The van der Waals surface area contributed by atoms with E-state index in [0.717, 1.165) is 48.3 Å². The fourth-order valence-electron chi connectivity index (χ4n) is 5.08. The van der Waals surface area contributed by atoms with Crippen molar-refractivity contribution in [1.82, 2.24) is 30.2 Å². The first-order chi connectivity index (χ1) is 18.2. The molecule has 1 aliphatic heterocycles. The van der Waals surface area contributed by atoms with Crippen LogP contribution in [0.2, 0.25) is 5.15 Å². The largest absolute Gasteiger partial charge is 0.496 e. The number of imidazole rings is 1. The fourth-order valence-corrected chi connectivity index (χ4v) is 5.35. The van der Waals surface area contributed by atoms with Crippen molar-refractivity contribution in [3.05, 3.63) is 51.4 Å². The summed E-state index contributed by atoms with van der Waals surface area (Å²) in [7, 11) is 1.61. The zero-order chi connectivity index (χ0) is 27.0. The van der Waals surface area contributed by atoms with Gasteiger partial charge in [0.2, 0.25) is 5.95 Å². The lowest BCUT2D eigenvalue weighted by molar-refractivity contribution is -0.113. The van der Waals surface area contributed by atoms with Gasteiger partial charge >= 0.3 is 0 Å². The van der Waals surface area contributed by atoms with Crippen LogP contribution in [0.4, 0.5) is 11.8 Å². The van der Waals surface area contributed by atoms with Gasteiger partial charge in [-0.15, -0.1) is 0 Å². The van der Waals surface area contributed by atoms with E-state index in [4.69, 9.17) is 22.1 Å². The topological polar surface area (TPSA) is 155 Å². The number of hydrogen-bond acceptors (Lipinski definition) is 9. The number of aliphatic hydroxyl groups is 1. The maximum absolute atomic E-state index is 13.7. The molecule has 0 saturated heterocycles. The van der Waals surface area contributed by atoms with Gasteiger partial charge in [0.15, 0.2) is 5.82 Å². The zero-order valence-electron chi connectivity index (χ0n) is 21.6. The summed E-state index contributed by atoms with van der Waals surface area (Å²) in [6.07, 6.45) is 8.48. The van der Waals surface area contributed by atoms with Crippen molar-refractivity contribution in [1.29, 1.82) is 0 Å². The number of carbonyl (C=O) groups is 1. The number of amides is 1. The molecule has 0 radical (unpaired) electrons. The van der Waals surface area contributed by atoms with Crippen molar-refractivity contribution in [2.24, 2.45) is 0 Å². The Morgan fingerprint density at radius 3 is 2.76 bits per heavy atom. The first-order valence-corrected chi connectivity index (χ1v) is 12.9. The SMILES string of the molecule is COc1c(C)cnc(CN2C(=O)/C(=C\c3nc(CN[C@H]4CC[C@H](O)CC4)c[nH]3)c3c(Cl)nc(N)nc32)c1C. The summed E-state index contributed by atoms with van der Waals surface area (Å²) in [5.41, 5.74) is 9.84. The number of halogens is 1. The first kappa shape index (κ1) is 26.1. The summed E-state index contributed by atoms with van der Waals surface area (Å²) in [4.78, 5) is 35.9. The first-order valence-electron chi connectivity index (χ1n) is 12.6. The third-order valence-electron chi connectivity index (χ3n) is 7.12. The zero-order valence-corrected chi connectivity index (χ0v) is 22.3. The Kier molecular flexibility index (Phi) is 7.33. The minimum absolute atomic E-state index is 0.0273. The van der Waals surface area contributed by atoms with E-state index in [2.05, 4.69) is 30.2 Å². The molecule has 5 N–H and O–H groups in total. The van der Waals surface area contributed by atoms with Crippen molar-refractivity contribution >= 4 is 40.9 Å². The lowest BCUT2D eigenvalue weighted by atomic mass is 9.93. The average molecular weight is 539 g/mol. The number of H-pyrrole nitrogens is 1. The van der Waals surface area contributed by atoms with Crippen LogP contribution in [0.5, 0.6) is 5.75 Å². The molecule has 1 fully saturated rings. The number of aryl methyl sites for hydroxylation is 1. The Morgan fingerprint density at radius 2 is 2.03 bits per heavy atom. The number of nitrogen functional groups attached to an aromatic ring is 1. The second-order valence-electron chi connectivity index (χ2n) is 9.73. The van der Waals surface area contributed by atoms with Crippen LogP contribution in [0.25, 0.3) is 11.6 Å². The Labute approximate surface area is 225 Å². The third-order valence-corrected chi connectivity index (χ3v) is 7.40. The van der Waals surface area contributed by atoms with E-state index in [1.165, 1.54) is 4.90 Å². The molecule has 0 bridgehead atoms. The molecule has 0 aromatic carbocycles. The summed E-state index contributed by atoms with van der Waals surface area (Å²) >= 11 is 6.48. The van der Waals surface area contributed by atoms with Gasteiger partial charge in [0, 0.05) is 36.1 Å². The van der Waals surface area contributed by atoms with Crippen LogP contribution in [0.15, 0.2) is 12.4 Å². The Hall–Kier alpha value is -3.54. The lowest BCUT2D eigenvalue weighted by Gasteiger charge is -2.25. The molecular weight excluding hydrogens is 508 g/mol. The van der Waals surface area contributed by atoms with Gasteiger partial charge < -0.3 is 25.9 Å². The number of methoxy groups -OCH3 is 1. The van der Waals surface area contributed by atoms with Gasteiger partial charge in [-0.3, -0.25) is 14.7 Å². The number of nitrogens with two attached hydrogens (primary N) is 1. The second kappa shape index (κ2) is 10.7. The number of anilines is 2. The van der Waals surface area contributed by atoms with E-state index in [9.17, 15) is 9.90 Å². The fraction of sp³-hybridized carbons (Fsp3) is 0.423. The molecule has 200 valence electrons. The standard InChI is InChI=1S/C26H31ClN8O3/c1-13-9-30-19(14(2)22(13)38-3)12-35-24-21(23(27)33-26(28)34-24)18(25(35)37)8-20-31-11-16(32-20)10-29-15-4-6-17(36)7-5-15/h8-9,11,15,17,29,36H,4-7,10,12H2,1-3H3,(H,31,32)(H2,28,33,34)/b18-8-/t15-,17-. The highest BCUT2D eigenvalue weighted by atomic mass is 35.5. The monoisotopic (exact) mass is 538 g/mol. The number of ether oxygens (including phenoxy) is 1. The van der Waals surface area contributed by atoms with Gasteiger partial charge in [-0.05, 0) is 45.6 Å². The highest BCUT2D eigenvalue weighted by Crippen LogP contribution is 2.41. The number of fused-ring (bicyclic) bond motifs is 1. The van der Waals surface area contributed by atoms with Gasteiger partial charge in [-0.25, -0.2) is 9.97 Å². The van der Waals surface area contributed by atoms with Crippen molar-refractivity contribution in [3.63, 3.8) is 0 Å². The van der Waals surface area contributed by atoms with Crippen LogP contribution in [0.3, 0.4) is 0 Å². The normalized spacial score (nSPS) is 20.3. The number of pyridine rings is 1. The minimum atomic E-state index is -0.306. The average Bonchev–Trinajstić information content (AvgIpc) is 3.43. The minimum Gasteiger partial charge on any atom is -0.496 e. The molecule has 3 aromatic heterocycles. The maximum atomic E-state index is 13.7.